The largest absolute Gasteiger partial charge is 0.381 e. The van der Waals surface area contributed by atoms with Crippen LogP contribution in [0.1, 0.15) is 37.7 Å². The Hall–Kier alpha value is -2.50. The van der Waals surface area contributed by atoms with E-state index in [4.69, 9.17) is 9.84 Å². The molecule has 2 aromatic heterocycles. The van der Waals surface area contributed by atoms with E-state index in [9.17, 15) is 0 Å². The van der Waals surface area contributed by atoms with Crippen LogP contribution in [-0.4, -0.2) is 46.0 Å². The van der Waals surface area contributed by atoms with Crippen molar-refractivity contribution < 1.29 is 4.74 Å². The lowest BCUT2D eigenvalue weighted by atomic mass is 9.76. The maximum Gasteiger partial charge on any atom is 0.0973 e. The summed E-state index contributed by atoms with van der Waals surface area (Å²) in [6.07, 6.45) is 12.6. The second-order valence-corrected chi connectivity index (χ2v) is 8.81. The van der Waals surface area contributed by atoms with Gasteiger partial charge < -0.3 is 4.74 Å². The van der Waals surface area contributed by atoms with Crippen LogP contribution in [0.15, 0.2) is 61.1 Å². The third-order valence-electron chi connectivity index (χ3n) is 6.95. The summed E-state index contributed by atoms with van der Waals surface area (Å²) >= 11 is 0. The first-order chi connectivity index (χ1) is 14.8. The zero-order valence-electron chi connectivity index (χ0n) is 17.7. The van der Waals surface area contributed by atoms with Gasteiger partial charge in [-0.1, -0.05) is 24.6 Å². The highest BCUT2D eigenvalue weighted by Crippen LogP contribution is 2.46. The van der Waals surface area contributed by atoms with Gasteiger partial charge in [0.25, 0.3) is 0 Å². The Bertz CT molecular complexity index is 971. The van der Waals surface area contributed by atoms with E-state index in [2.05, 4.69) is 52.5 Å². The molecule has 30 heavy (non-hydrogen) atoms. The summed E-state index contributed by atoms with van der Waals surface area (Å²) in [6.45, 7) is 3.19. The lowest BCUT2D eigenvalue weighted by molar-refractivity contribution is -0.0366. The van der Waals surface area contributed by atoms with Crippen molar-refractivity contribution in [2.45, 2.75) is 44.8 Å². The van der Waals surface area contributed by atoms with E-state index in [0.29, 0.717) is 11.5 Å². The molecule has 5 rings (SSSR count). The number of likely N-dealkylation sites (tertiary alicyclic amines) is 1. The summed E-state index contributed by atoms with van der Waals surface area (Å²) in [6, 6.07) is 14.5. The molecule has 156 valence electrons. The topological polar surface area (TPSA) is 43.2 Å². The molecule has 1 spiro atoms. The molecule has 0 N–H and O–H groups in total. The van der Waals surface area contributed by atoms with Crippen molar-refractivity contribution in [1.82, 2.24) is 19.7 Å². The number of pyridine rings is 1. The van der Waals surface area contributed by atoms with Crippen LogP contribution in [0.5, 0.6) is 0 Å². The Kier molecular flexibility index (Phi) is 5.40. The Labute approximate surface area is 178 Å². The lowest BCUT2D eigenvalue weighted by Gasteiger charge is -2.43. The molecule has 3 aromatic rings. The first-order valence-electron chi connectivity index (χ1n) is 11.1. The van der Waals surface area contributed by atoms with E-state index in [1.807, 2.05) is 30.3 Å². The van der Waals surface area contributed by atoms with E-state index >= 15 is 0 Å². The van der Waals surface area contributed by atoms with Gasteiger partial charge in [0.15, 0.2) is 0 Å². The van der Waals surface area contributed by atoms with Crippen LogP contribution in [-0.2, 0) is 11.3 Å². The van der Waals surface area contributed by atoms with Crippen LogP contribution in [0.3, 0.4) is 0 Å². The Balaban J connectivity index is 1.45. The minimum Gasteiger partial charge on any atom is -0.381 e. The van der Waals surface area contributed by atoms with Crippen LogP contribution >= 0.6 is 0 Å². The highest BCUT2D eigenvalue weighted by Gasteiger charge is 2.45. The summed E-state index contributed by atoms with van der Waals surface area (Å²) in [5.41, 5.74) is 4.87. The fourth-order valence-electron chi connectivity index (χ4n) is 5.57. The molecule has 5 nitrogen and oxygen atoms in total. The van der Waals surface area contributed by atoms with Crippen LogP contribution in [0, 0.1) is 5.41 Å². The summed E-state index contributed by atoms with van der Waals surface area (Å²) in [4.78, 5) is 6.81. The molecule has 0 radical (unpaired) electrons. The van der Waals surface area contributed by atoms with Gasteiger partial charge in [0.05, 0.1) is 17.5 Å². The van der Waals surface area contributed by atoms with Crippen LogP contribution in [0.25, 0.3) is 16.9 Å². The minimum atomic E-state index is 0.333. The molecule has 2 aliphatic rings. The van der Waals surface area contributed by atoms with Gasteiger partial charge in [0.2, 0.25) is 0 Å². The van der Waals surface area contributed by atoms with Gasteiger partial charge >= 0.3 is 0 Å². The van der Waals surface area contributed by atoms with Crippen molar-refractivity contribution >= 4 is 0 Å². The van der Waals surface area contributed by atoms with Crippen molar-refractivity contribution in [1.29, 1.82) is 0 Å². The molecule has 0 amide bonds. The van der Waals surface area contributed by atoms with Crippen molar-refractivity contribution in [3.8, 4) is 16.9 Å². The highest BCUT2D eigenvalue weighted by atomic mass is 16.5. The Morgan fingerprint density at radius 3 is 2.67 bits per heavy atom. The number of rotatable bonds is 5. The number of ether oxygens (including phenoxy) is 1. The maximum absolute atomic E-state index is 5.91. The zero-order valence-corrected chi connectivity index (χ0v) is 17.7. The molecule has 0 unspecified atom stereocenters. The van der Waals surface area contributed by atoms with Gasteiger partial charge in [-0.05, 0) is 56.5 Å². The summed E-state index contributed by atoms with van der Waals surface area (Å²) < 4.78 is 7.92. The second-order valence-electron chi connectivity index (χ2n) is 8.81. The molecular weight excluding hydrogens is 372 g/mol. The van der Waals surface area contributed by atoms with Gasteiger partial charge in [0, 0.05) is 55.3 Å². The number of piperidine rings is 1. The number of para-hydroxylation sites is 1. The number of nitrogens with zero attached hydrogens (tertiary/aromatic N) is 4. The third-order valence-corrected chi connectivity index (χ3v) is 6.95. The standard InChI is InChI=1S/C25H30N4O/c1-30-23-9-5-12-25(23)13-6-16-28(19-25)17-21-18-29(22-7-3-2-4-8-22)27-24(21)20-10-14-26-15-11-20/h2-4,7-8,10-11,14-15,18,23H,5-6,9,12-13,16-17,19H2,1H3/t23-,25+/m1/s1. The first kappa shape index (κ1) is 19.5. The molecule has 1 saturated carbocycles. The number of hydrogen-bond donors (Lipinski definition) is 0. The average Bonchev–Trinajstić information content (AvgIpc) is 3.39. The molecule has 1 aromatic carbocycles. The van der Waals surface area contributed by atoms with Crippen molar-refractivity contribution in [2.24, 2.45) is 5.41 Å². The fourth-order valence-corrected chi connectivity index (χ4v) is 5.57. The molecule has 1 aliphatic carbocycles. The van der Waals surface area contributed by atoms with Gasteiger partial charge in [-0.2, -0.15) is 5.10 Å². The second kappa shape index (κ2) is 8.32. The Morgan fingerprint density at radius 1 is 1.07 bits per heavy atom. The monoisotopic (exact) mass is 402 g/mol. The molecule has 5 heteroatoms. The van der Waals surface area contributed by atoms with Gasteiger partial charge in [-0.3, -0.25) is 9.88 Å². The first-order valence-corrected chi connectivity index (χ1v) is 11.1. The Morgan fingerprint density at radius 2 is 1.87 bits per heavy atom. The van der Waals surface area contributed by atoms with Crippen molar-refractivity contribution in [3.05, 3.63) is 66.6 Å². The highest BCUT2D eigenvalue weighted by molar-refractivity contribution is 5.62. The number of aromatic nitrogens is 3. The maximum atomic E-state index is 5.91. The van der Waals surface area contributed by atoms with E-state index < -0.39 is 0 Å². The molecular formula is C25H30N4O. The van der Waals surface area contributed by atoms with Crippen LogP contribution < -0.4 is 0 Å². The van der Waals surface area contributed by atoms with Gasteiger partial charge in [-0.25, -0.2) is 4.68 Å². The van der Waals surface area contributed by atoms with Crippen LogP contribution in [0.4, 0.5) is 0 Å². The predicted molar refractivity (Wildman–Crippen MR) is 118 cm³/mol. The van der Waals surface area contributed by atoms with Crippen molar-refractivity contribution in [2.75, 3.05) is 20.2 Å². The van der Waals surface area contributed by atoms with Gasteiger partial charge in [0.1, 0.15) is 0 Å². The third kappa shape index (κ3) is 3.68. The normalized spacial score (nSPS) is 24.5. The van der Waals surface area contributed by atoms with E-state index in [1.54, 1.807) is 0 Å². The molecule has 0 bridgehead atoms. The number of benzene rings is 1. The van der Waals surface area contributed by atoms with Crippen LogP contribution in [0.2, 0.25) is 0 Å². The SMILES string of the molecule is CO[C@@H]1CCC[C@@]12CCCN(Cc1cn(-c3ccccc3)nc1-c1ccncc1)C2. The van der Waals surface area contributed by atoms with E-state index in [1.165, 1.54) is 37.7 Å². The molecule has 1 saturated heterocycles. The predicted octanol–water partition coefficient (Wildman–Crippen LogP) is 4.72. The number of methoxy groups -OCH3 is 1. The summed E-state index contributed by atoms with van der Waals surface area (Å²) in [7, 11) is 1.89. The summed E-state index contributed by atoms with van der Waals surface area (Å²) in [5, 5.41) is 4.97. The quantitative estimate of drug-likeness (QED) is 0.620. The van der Waals surface area contributed by atoms with Crippen molar-refractivity contribution in [3.63, 3.8) is 0 Å². The average molecular weight is 403 g/mol. The van der Waals surface area contributed by atoms with E-state index in [0.717, 1.165) is 36.6 Å². The summed E-state index contributed by atoms with van der Waals surface area (Å²) in [5.74, 6) is 0. The smallest absolute Gasteiger partial charge is 0.0973 e. The number of hydrogen-bond acceptors (Lipinski definition) is 4. The minimum absolute atomic E-state index is 0.333. The molecule has 2 fully saturated rings. The molecule has 2 atom stereocenters. The zero-order chi connectivity index (χ0) is 20.4. The van der Waals surface area contributed by atoms with E-state index in [-0.39, 0.29) is 0 Å². The van der Waals surface area contributed by atoms with Gasteiger partial charge in [-0.15, -0.1) is 0 Å². The lowest BCUT2D eigenvalue weighted by Crippen LogP contribution is -2.47. The molecule has 3 heterocycles. The molecule has 1 aliphatic heterocycles. The fraction of sp³-hybridized carbons (Fsp3) is 0.440.